The monoisotopic (exact) mass is 380 g/mol. The van der Waals surface area contributed by atoms with E-state index in [1.165, 1.54) is 11.8 Å². The molecule has 1 saturated heterocycles. The number of thioether (sulfide) groups is 1. The molecule has 0 radical (unpaired) electrons. The first-order valence-corrected chi connectivity index (χ1v) is 11.4. The second-order valence-corrected chi connectivity index (χ2v) is 9.59. The Balaban J connectivity index is 1.99. The molecule has 0 spiro atoms. The maximum absolute atomic E-state index is 12.7. The summed E-state index contributed by atoms with van der Waals surface area (Å²) in [7, 11) is -3.02. The van der Waals surface area contributed by atoms with Crippen molar-refractivity contribution in [1.82, 2.24) is 4.90 Å². The van der Waals surface area contributed by atoms with E-state index in [1.54, 1.807) is 11.0 Å². The lowest BCUT2D eigenvalue weighted by Crippen LogP contribution is -2.47. The van der Waals surface area contributed by atoms with Gasteiger partial charge < -0.3 is 4.90 Å². The van der Waals surface area contributed by atoms with E-state index in [2.05, 4.69) is 6.07 Å². The number of hydrogen-bond donors (Lipinski definition) is 0. The van der Waals surface area contributed by atoms with Gasteiger partial charge in [-0.05, 0) is 31.4 Å². The van der Waals surface area contributed by atoms with Gasteiger partial charge in [0.1, 0.15) is 0 Å². The van der Waals surface area contributed by atoms with Crippen molar-refractivity contribution >= 4 is 27.5 Å². The molecular weight excluding hydrogens is 356 g/mol. The lowest BCUT2D eigenvalue weighted by molar-refractivity contribution is -0.132. The average Bonchev–Trinajstić information content (AvgIpc) is 2.94. The fraction of sp³-hybridized carbons (Fsp3) is 0.556. The van der Waals surface area contributed by atoms with E-state index >= 15 is 0 Å². The Morgan fingerprint density at radius 2 is 2.16 bits per heavy atom. The van der Waals surface area contributed by atoms with E-state index in [0.29, 0.717) is 23.5 Å². The van der Waals surface area contributed by atoms with Gasteiger partial charge in [-0.3, -0.25) is 4.79 Å². The SMILES string of the molecule is CC[C@@H](C)N(C(=O)CSCc1ccccc1C#N)[C@@H]1CCS(=O)(=O)C1. The maximum atomic E-state index is 12.7. The molecule has 1 aliphatic heterocycles. The number of rotatable bonds is 7. The van der Waals surface area contributed by atoms with Gasteiger partial charge in [-0.1, -0.05) is 25.1 Å². The lowest BCUT2D eigenvalue weighted by Gasteiger charge is -2.33. The zero-order chi connectivity index (χ0) is 18.4. The smallest absolute Gasteiger partial charge is 0.233 e. The van der Waals surface area contributed by atoms with Crippen LogP contribution in [0.3, 0.4) is 0 Å². The summed E-state index contributed by atoms with van der Waals surface area (Å²) in [5.74, 6) is 1.11. The van der Waals surface area contributed by atoms with Crippen LogP contribution in [0.25, 0.3) is 0 Å². The first kappa shape index (κ1) is 19.8. The zero-order valence-electron chi connectivity index (χ0n) is 14.6. The molecule has 0 unspecified atom stereocenters. The standard InChI is InChI=1S/C18H24N2O3S2/c1-3-14(2)20(17-8-9-25(22,23)13-17)18(21)12-24-11-16-7-5-4-6-15(16)10-19/h4-7,14,17H,3,8-9,11-13H2,1-2H3/t14-,17-/m1/s1. The van der Waals surface area contributed by atoms with E-state index in [9.17, 15) is 13.2 Å². The topological polar surface area (TPSA) is 78.2 Å². The van der Waals surface area contributed by atoms with Crippen LogP contribution in [-0.4, -0.2) is 48.6 Å². The van der Waals surface area contributed by atoms with Crippen LogP contribution >= 0.6 is 11.8 Å². The Morgan fingerprint density at radius 3 is 2.76 bits per heavy atom. The Morgan fingerprint density at radius 1 is 1.44 bits per heavy atom. The van der Waals surface area contributed by atoms with Crippen LogP contribution in [0.15, 0.2) is 24.3 Å². The quantitative estimate of drug-likeness (QED) is 0.726. The molecule has 0 bridgehead atoms. The van der Waals surface area contributed by atoms with Crippen LogP contribution in [0.2, 0.25) is 0 Å². The van der Waals surface area contributed by atoms with Crippen LogP contribution in [-0.2, 0) is 20.4 Å². The van der Waals surface area contributed by atoms with Gasteiger partial charge >= 0.3 is 0 Å². The van der Waals surface area contributed by atoms with Gasteiger partial charge in [-0.15, -0.1) is 11.8 Å². The number of hydrogen-bond acceptors (Lipinski definition) is 5. The first-order chi connectivity index (χ1) is 11.9. The van der Waals surface area contributed by atoms with Crippen LogP contribution in [0.5, 0.6) is 0 Å². The van der Waals surface area contributed by atoms with Crippen LogP contribution in [0, 0.1) is 11.3 Å². The van der Waals surface area contributed by atoms with E-state index in [1.807, 2.05) is 32.0 Å². The Bertz CT molecular complexity index is 756. The fourth-order valence-electron chi connectivity index (χ4n) is 3.08. The van der Waals surface area contributed by atoms with E-state index in [0.717, 1.165) is 12.0 Å². The predicted octanol–water partition coefficient (Wildman–Crippen LogP) is 2.61. The fourth-order valence-corrected chi connectivity index (χ4v) is 5.69. The minimum absolute atomic E-state index is 0.0177. The molecule has 0 saturated carbocycles. The molecule has 1 aromatic rings. The summed E-state index contributed by atoms with van der Waals surface area (Å²) in [6, 6.07) is 9.35. The third kappa shape index (κ3) is 5.23. The Labute approximate surface area is 154 Å². The van der Waals surface area contributed by atoms with Crippen LogP contribution in [0.1, 0.15) is 37.8 Å². The predicted molar refractivity (Wildman–Crippen MR) is 101 cm³/mol. The molecule has 2 atom stereocenters. The molecule has 136 valence electrons. The molecule has 1 fully saturated rings. The highest BCUT2D eigenvalue weighted by molar-refractivity contribution is 7.99. The van der Waals surface area contributed by atoms with E-state index in [4.69, 9.17) is 5.26 Å². The van der Waals surface area contributed by atoms with Crippen LogP contribution in [0.4, 0.5) is 0 Å². The summed E-state index contributed by atoms with van der Waals surface area (Å²) in [4.78, 5) is 14.5. The van der Waals surface area contributed by atoms with Gasteiger partial charge in [-0.2, -0.15) is 5.26 Å². The molecule has 0 aromatic heterocycles. The summed E-state index contributed by atoms with van der Waals surface area (Å²) < 4.78 is 23.5. The highest BCUT2D eigenvalue weighted by atomic mass is 32.2. The third-order valence-corrected chi connectivity index (χ3v) is 7.29. The molecule has 1 heterocycles. The second kappa shape index (κ2) is 8.72. The largest absolute Gasteiger partial charge is 0.335 e. The van der Waals surface area contributed by atoms with Crippen molar-refractivity contribution in [2.24, 2.45) is 0 Å². The van der Waals surface area contributed by atoms with Gasteiger partial charge in [0.25, 0.3) is 0 Å². The van der Waals surface area contributed by atoms with E-state index in [-0.39, 0.29) is 29.5 Å². The second-order valence-electron chi connectivity index (χ2n) is 6.38. The van der Waals surface area contributed by atoms with Crippen molar-refractivity contribution in [3.05, 3.63) is 35.4 Å². The lowest BCUT2D eigenvalue weighted by atomic mass is 10.1. The molecule has 1 aromatic carbocycles. The minimum atomic E-state index is -3.02. The van der Waals surface area contributed by atoms with E-state index < -0.39 is 9.84 Å². The number of carbonyl (C=O) groups excluding carboxylic acids is 1. The number of amides is 1. The van der Waals surface area contributed by atoms with Gasteiger partial charge in [0.05, 0.1) is 28.9 Å². The molecular formula is C18H24N2O3S2. The molecule has 7 heteroatoms. The number of carbonyl (C=O) groups is 1. The van der Waals surface area contributed by atoms with Crippen molar-refractivity contribution in [2.75, 3.05) is 17.3 Å². The number of benzene rings is 1. The maximum Gasteiger partial charge on any atom is 0.233 e. The molecule has 2 rings (SSSR count). The Hall–Kier alpha value is -1.52. The van der Waals surface area contributed by atoms with Crippen LogP contribution < -0.4 is 0 Å². The number of nitrogens with zero attached hydrogens (tertiary/aromatic N) is 2. The molecule has 1 aliphatic rings. The highest BCUT2D eigenvalue weighted by Gasteiger charge is 2.36. The summed E-state index contributed by atoms with van der Waals surface area (Å²) >= 11 is 1.47. The molecule has 0 aliphatic carbocycles. The van der Waals surface area contributed by atoms with Gasteiger partial charge in [-0.25, -0.2) is 8.42 Å². The zero-order valence-corrected chi connectivity index (χ0v) is 16.3. The number of sulfone groups is 1. The van der Waals surface area contributed by atoms with Gasteiger partial charge in [0.2, 0.25) is 5.91 Å². The summed E-state index contributed by atoms with van der Waals surface area (Å²) in [5.41, 5.74) is 1.55. The summed E-state index contributed by atoms with van der Waals surface area (Å²) in [6.45, 7) is 3.98. The molecule has 5 nitrogen and oxygen atoms in total. The summed E-state index contributed by atoms with van der Waals surface area (Å²) in [5, 5.41) is 9.12. The molecule has 25 heavy (non-hydrogen) atoms. The Kier molecular flexibility index (Phi) is 6.91. The van der Waals surface area contributed by atoms with Gasteiger partial charge in [0, 0.05) is 17.8 Å². The molecule has 1 amide bonds. The van der Waals surface area contributed by atoms with Crippen molar-refractivity contribution in [3.63, 3.8) is 0 Å². The van der Waals surface area contributed by atoms with Crippen molar-refractivity contribution in [1.29, 1.82) is 5.26 Å². The van der Waals surface area contributed by atoms with Crippen molar-refractivity contribution in [3.8, 4) is 6.07 Å². The van der Waals surface area contributed by atoms with Gasteiger partial charge in [0.15, 0.2) is 9.84 Å². The molecule has 0 N–H and O–H groups in total. The normalized spacial score (nSPS) is 20.0. The minimum Gasteiger partial charge on any atom is -0.335 e. The average molecular weight is 381 g/mol. The van der Waals surface area contributed by atoms with Crippen molar-refractivity contribution in [2.45, 2.75) is 44.5 Å². The third-order valence-electron chi connectivity index (χ3n) is 4.58. The first-order valence-electron chi connectivity index (χ1n) is 8.45. The number of nitriles is 1. The summed E-state index contributed by atoms with van der Waals surface area (Å²) in [6.07, 6.45) is 1.32. The van der Waals surface area contributed by atoms with Crippen molar-refractivity contribution < 1.29 is 13.2 Å². The highest BCUT2D eigenvalue weighted by Crippen LogP contribution is 2.23.